The molecule has 2 rings (SSSR count). The molecule has 0 unspecified atom stereocenters. The minimum Gasteiger partial charge on any atom is -0.312 e. The fourth-order valence-corrected chi connectivity index (χ4v) is 3.04. The Bertz CT molecular complexity index is 677. The van der Waals surface area contributed by atoms with Gasteiger partial charge in [0.05, 0.1) is 10.2 Å². The molecule has 120 valence electrons. The molecule has 0 spiro atoms. The zero-order valence-corrected chi connectivity index (χ0v) is 13.7. The number of hydrogen-bond acceptors (Lipinski definition) is 5. The van der Waals surface area contributed by atoms with Crippen molar-refractivity contribution in [3.63, 3.8) is 0 Å². The molecule has 1 aromatic heterocycles. The van der Waals surface area contributed by atoms with Crippen molar-refractivity contribution in [2.24, 2.45) is 0 Å². The highest BCUT2D eigenvalue weighted by molar-refractivity contribution is 8.00. The Morgan fingerprint density at radius 1 is 1.26 bits per heavy atom. The summed E-state index contributed by atoms with van der Waals surface area (Å²) >= 11 is 1.38. The number of carbonyl (C=O) groups is 1. The van der Waals surface area contributed by atoms with Crippen LogP contribution >= 0.6 is 11.8 Å². The van der Waals surface area contributed by atoms with Crippen molar-refractivity contribution >= 4 is 29.0 Å². The molecule has 0 aliphatic carbocycles. The van der Waals surface area contributed by atoms with Crippen LogP contribution in [0.5, 0.6) is 0 Å². The van der Waals surface area contributed by atoms with Gasteiger partial charge in [0.1, 0.15) is 0 Å². The lowest BCUT2D eigenvalue weighted by atomic mass is 10.3. The van der Waals surface area contributed by atoms with Gasteiger partial charge in [0, 0.05) is 41.7 Å². The lowest BCUT2D eigenvalue weighted by molar-refractivity contribution is -0.384. The van der Waals surface area contributed by atoms with Gasteiger partial charge < -0.3 is 4.90 Å². The number of rotatable bonds is 6. The number of thioether (sulfide) groups is 1. The molecule has 2 aromatic rings. The Morgan fingerprint density at radius 2 is 1.87 bits per heavy atom. The molecule has 0 bridgehead atoms. The molecule has 1 aromatic carbocycles. The van der Waals surface area contributed by atoms with E-state index in [1.807, 2.05) is 13.8 Å². The quantitative estimate of drug-likeness (QED) is 0.460. The monoisotopic (exact) mass is 331 g/mol. The van der Waals surface area contributed by atoms with Crippen molar-refractivity contribution in [2.45, 2.75) is 24.0 Å². The molecule has 1 heterocycles. The Morgan fingerprint density at radius 3 is 2.39 bits per heavy atom. The second-order valence-corrected chi connectivity index (χ2v) is 6.21. The summed E-state index contributed by atoms with van der Waals surface area (Å²) in [5.74, 6) is -0.0120. The second-order valence-electron chi connectivity index (χ2n) is 4.80. The van der Waals surface area contributed by atoms with E-state index in [9.17, 15) is 14.9 Å². The van der Waals surface area contributed by atoms with E-state index in [4.69, 9.17) is 0 Å². The summed E-state index contributed by atoms with van der Waals surface area (Å²) in [7, 11) is 0. The van der Waals surface area contributed by atoms with Crippen LogP contribution in [0.1, 0.15) is 13.8 Å². The predicted molar refractivity (Wildman–Crippen MR) is 90.7 cm³/mol. The number of nitrogens with zero attached hydrogens (tertiary/aromatic N) is 3. The highest BCUT2D eigenvalue weighted by Gasteiger charge is 2.21. The number of amides is 1. The first-order chi connectivity index (χ1) is 11.0. The van der Waals surface area contributed by atoms with Gasteiger partial charge in [0.2, 0.25) is 5.91 Å². The molecule has 1 atom stereocenters. The van der Waals surface area contributed by atoms with Crippen LogP contribution in [-0.2, 0) is 4.79 Å². The number of benzene rings is 1. The second kappa shape index (κ2) is 7.73. The van der Waals surface area contributed by atoms with Gasteiger partial charge in [-0.1, -0.05) is 0 Å². The Labute approximate surface area is 138 Å². The van der Waals surface area contributed by atoms with Gasteiger partial charge in [-0.15, -0.1) is 11.8 Å². The third-order valence-corrected chi connectivity index (χ3v) is 4.36. The van der Waals surface area contributed by atoms with Crippen molar-refractivity contribution < 1.29 is 9.72 Å². The number of hydrogen-bond donors (Lipinski definition) is 0. The molecular formula is C16H17N3O3S. The molecule has 0 aliphatic heterocycles. The third-order valence-electron chi connectivity index (χ3n) is 3.26. The van der Waals surface area contributed by atoms with Crippen LogP contribution < -0.4 is 4.90 Å². The molecule has 0 radical (unpaired) electrons. The SMILES string of the molecule is CCN(C(=O)[C@@H](C)Sc1ccc([N+](=O)[O-])cc1)c1ccncc1. The number of nitro benzene ring substituents is 1. The zero-order chi connectivity index (χ0) is 16.8. The van der Waals surface area contributed by atoms with Crippen molar-refractivity contribution in [2.75, 3.05) is 11.4 Å². The molecule has 6 nitrogen and oxygen atoms in total. The highest BCUT2D eigenvalue weighted by atomic mass is 32.2. The maximum absolute atomic E-state index is 12.6. The summed E-state index contributed by atoms with van der Waals surface area (Å²) in [6.45, 7) is 4.31. The number of pyridine rings is 1. The molecule has 0 saturated carbocycles. The first-order valence-electron chi connectivity index (χ1n) is 7.15. The molecule has 0 saturated heterocycles. The van der Waals surface area contributed by atoms with Crippen LogP contribution in [0.15, 0.2) is 53.7 Å². The topological polar surface area (TPSA) is 76.3 Å². The average molecular weight is 331 g/mol. The largest absolute Gasteiger partial charge is 0.312 e. The summed E-state index contributed by atoms with van der Waals surface area (Å²) in [5, 5.41) is 10.4. The van der Waals surface area contributed by atoms with Crippen LogP contribution in [0.4, 0.5) is 11.4 Å². The van der Waals surface area contributed by atoms with Gasteiger partial charge in [-0.3, -0.25) is 19.9 Å². The van der Waals surface area contributed by atoms with E-state index in [1.165, 1.54) is 23.9 Å². The fourth-order valence-electron chi connectivity index (χ4n) is 2.11. The maximum Gasteiger partial charge on any atom is 0.269 e. The van der Waals surface area contributed by atoms with E-state index in [0.717, 1.165) is 10.6 Å². The lowest BCUT2D eigenvalue weighted by Crippen LogP contribution is -2.36. The number of carbonyl (C=O) groups excluding carboxylic acids is 1. The molecule has 0 aliphatic rings. The van der Waals surface area contributed by atoms with Crippen LogP contribution in [0.25, 0.3) is 0 Å². The average Bonchev–Trinajstić information content (AvgIpc) is 2.57. The molecule has 0 fully saturated rings. The molecule has 0 N–H and O–H groups in total. The number of non-ortho nitro benzene ring substituents is 1. The standard InChI is InChI=1S/C16H17N3O3S/c1-3-18(13-8-10-17-11-9-13)16(20)12(2)23-15-6-4-14(5-7-15)19(21)22/h4-12H,3H2,1-2H3/t12-/m1/s1. The van der Waals surface area contributed by atoms with Gasteiger partial charge in [-0.05, 0) is 38.1 Å². The highest BCUT2D eigenvalue weighted by Crippen LogP contribution is 2.27. The minimum absolute atomic E-state index is 0.0120. The first kappa shape index (κ1) is 17.0. The lowest BCUT2D eigenvalue weighted by Gasteiger charge is -2.24. The van der Waals surface area contributed by atoms with Crippen LogP contribution in [0.2, 0.25) is 0 Å². The van der Waals surface area contributed by atoms with E-state index >= 15 is 0 Å². The van der Waals surface area contributed by atoms with Gasteiger partial charge in [0.15, 0.2) is 0 Å². The van der Waals surface area contributed by atoms with E-state index in [1.54, 1.807) is 41.6 Å². The van der Waals surface area contributed by atoms with Crippen molar-refractivity contribution in [1.29, 1.82) is 0 Å². The number of aromatic nitrogens is 1. The third kappa shape index (κ3) is 4.29. The number of nitro groups is 1. The summed E-state index contributed by atoms with van der Waals surface area (Å²) in [6.07, 6.45) is 3.30. The van der Waals surface area contributed by atoms with Gasteiger partial charge in [-0.2, -0.15) is 0 Å². The van der Waals surface area contributed by atoms with Crippen molar-refractivity contribution in [3.8, 4) is 0 Å². The molecule has 1 amide bonds. The first-order valence-corrected chi connectivity index (χ1v) is 8.03. The van der Waals surface area contributed by atoms with E-state index in [2.05, 4.69) is 4.98 Å². The van der Waals surface area contributed by atoms with Crippen LogP contribution in [0, 0.1) is 10.1 Å². The van der Waals surface area contributed by atoms with Crippen LogP contribution in [0.3, 0.4) is 0 Å². The normalized spacial score (nSPS) is 11.7. The summed E-state index contributed by atoms with van der Waals surface area (Å²) < 4.78 is 0. The number of anilines is 1. The van der Waals surface area contributed by atoms with Crippen molar-refractivity contribution in [3.05, 3.63) is 58.9 Å². The van der Waals surface area contributed by atoms with E-state index in [0.29, 0.717) is 6.54 Å². The smallest absolute Gasteiger partial charge is 0.269 e. The molecular weight excluding hydrogens is 314 g/mol. The molecule has 7 heteroatoms. The van der Waals surface area contributed by atoms with Gasteiger partial charge in [0.25, 0.3) is 5.69 Å². The predicted octanol–water partition coefficient (Wildman–Crippen LogP) is 3.52. The Kier molecular flexibility index (Phi) is 5.70. The summed E-state index contributed by atoms with van der Waals surface area (Å²) in [4.78, 5) is 29.3. The summed E-state index contributed by atoms with van der Waals surface area (Å²) in [5.41, 5.74) is 0.851. The Balaban J connectivity index is 2.08. The van der Waals surface area contributed by atoms with Crippen molar-refractivity contribution in [1.82, 2.24) is 4.98 Å². The molecule has 23 heavy (non-hydrogen) atoms. The maximum atomic E-state index is 12.6. The summed E-state index contributed by atoms with van der Waals surface area (Å²) in [6, 6.07) is 9.81. The van der Waals surface area contributed by atoms with Gasteiger partial charge >= 0.3 is 0 Å². The zero-order valence-electron chi connectivity index (χ0n) is 12.9. The fraction of sp³-hybridized carbons (Fsp3) is 0.250. The Hall–Kier alpha value is -2.41. The van der Waals surface area contributed by atoms with Crippen LogP contribution in [-0.4, -0.2) is 27.6 Å². The van der Waals surface area contributed by atoms with Gasteiger partial charge in [-0.25, -0.2) is 0 Å². The van der Waals surface area contributed by atoms with E-state index < -0.39 is 4.92 Å². The minimum atomic E-state index is -0.439. The van der Waals surface area contributed by atoms with E-state index in [-0.39, 0.29) is 16.8 Å².